The van der Waals surface area contributed by atoms with E-state index in [1.54, 1.807) is 18.2 Å². The minimum Gasteiger partial charge on any atom is -0.325 e. The van der Waals surface area contributed by atoms with Gasteiger partial charge in [-0.2, -0.15) is 4.31 Å². The van der Waals surface area contributed by atoms with Crippen LogP contribution >= 0.6 is 34.8 Å². The van der Waals surface area contributed by atoms with Crippen LogP contribution in [0.5, 0.6) is 0 Å². The first kappa shape index (κ1) is 24.6. The highest BCUT2D eigenvalue weighted by Crippen LogP contribution is 2.28. The van der Waals surface area contributed by atoms with Gasteiger partial charge in [0.25, 0.3) is 0 Å². The molecule has 0 radical (unpaired) electrons. The molecule has 3 rings (SSSR count). The van der Waals surface area contributed by atoms with Gasteiger partial charge in [0.2, 0.25) is 15.9 Å². The van der Waals surface area contributed by atoms with Crippen molar-refractivity contribution in [2.75, 3.05) is 11.9 Å². The van der Waals surface area contributed by atoms with Crippen LogP contribution in [0.3, 0.4) is 0 Å². The van der Waals surface area contributed by atoms with Crippen LogP contribution in [0.4, 0.5) is 5.69 Å². The summed E-state index contributed by atoms with van der Waals surface area (Å²) in [7, 11) is -4.06. The lowest BCUT2D eigenvalue weighted by molar-refractivity contribution is -0.116. The van der Waals surface area contributed by atoms with Gasteiger partial charge in [-0.25, -0.2) is 8.42 Å². The number of hydrogen-bond donors (Lipinski definition) is 1. The maximum Gasteiger partial charge on any atom is 0.243 e. The summed E-state index contributed by atoms with van der Waals surface area (Å²) >= 11 is 18.4. The van der Waals surface area contributed by atoms with Crippen molar-refractivity contribution in [2.45, 2.75) is 25.3 Å². The molecule has 0 bridgehead atoms. The van der Waals surface area contributed by atoms with Gasteiger partial charge < -0.3 is 5.32 Å². The molecule has 1 N–H and O–H groups in total. The fraction of sp³-hybridized carbons (Fsp3) is 0.174. The molecule has 0 aromatic heterocycles. The molecule has 0 heterocycles. The van der Waals surface area contributed by atoms with Gasteiger partial charge in [-0.1, -0.05) is 46.9 Å². The van der Waals surface area contributed by atoms with E-state index in [-0.39, 0.29) is 11.4 Å². The number of amides is 1. The Morgan fingerprint density at radius 1 is 0.906 bits per heavy atom. The number of anilines is 1. The van der Waals surface area contributed by atoms with Crippen molar-refractivity contribution in [3.05, 3.63) is 92.4 Å². The summed E-state index contributed by atoms with van der Waals surface area (Å²) in [6.45, 7) is 3.22. The van der Waals surface area contributed by atoms with E-state index in [9.17, 15) is 13.2 Å². The molecule has 0 aliphatic heterocycles. The Balaban J connectivity index is 1.94. The molecule has 0 saturated carbocycles. The topological polar surface area (TPSA) is 66.5 Å². The zero-order valence-electron chi connectivity index (χ0n) is 17.4. The second kappa shape index (κ2) is 10.2. The molecule has 0 aliphatic rings. The van der Waals surface area contributed by atoms with E-state index < -0.39 is 22.5 Å². The lowest BCUT2D eigenvalue weighted by atomic mass is 10.1. The predicted molar refractivity (Wildman–Crippen MR) is 130 cm³/mol. The summed E-state index contributed by atoms with van der Waals surface area (Å²) in [6.07, 6.45) is 0. The zero-order valence-corrected chi connectivity index (χ0v) is 20.5. The minimum atomic E-state index is -4.06. The third-order valence-electron chi connectivity index (χ3n) is 4.67. The SMILES string of the molecule is Cc1cc(C)cc(NC(=O)CN(Cc2c(Cl)cccc2Cl)S(=O)(=O)c2ccc(Cl)cc2)c1. The minimum absolute atomic E-state index is 0.00396. The number of hydrogen-bond acceptors (Lipinski definition) is 3. The Morgan fingerprint density at radius 3 is 2.03 bits per heavy atom. The highest BCUT2D eigenvalue weighted by atomic mass is 35.5. The quantitative estimate of drug-likeness (QED) is 0.417. The van der Waals surface area contributed by atoms with Gasteiger partial charge in [0.15, 0.2) is 0 Å². The van der Waals surface area contributed by atoms with Gasteiger partial charge in [-0.3, -0.25) is 4.79 Å². The summed E-state index contributed by atoms with van der Waals surface area (Å²) < 4.78 is 27.8. The number of aryl methyl sites for hydroxylation is 2. The molecule has 5 nitrogen and oxygen atoms in total. The molecule has 0 saturated heterocycles. The second-order valence-corrected chi connectivity index (χ2v) is 10.5. The molecule has 3 aromatic carbocycles. The third-order valence-corrected chi connectivity index (χ3v) is 7.44. The molecule has 0 aliphatic carbocycles. The maximum absolute atomic E-state index is 13.4. The number of nitrogens with zero attached hydrogens (tertiary/aromatic N) is 1. The highest BCUT2D eigenvalue weighted by Gasteiger charge is 2.28. The van der Waals surface area contributed by atoms with Crippen molar-refractivity contribution in [3.63, 3.8) is 0 Å². The van der Waals surface area contributed by atoms with E-state index in [0.717, 1.165) is 15.4 Å². The number of sulfonamides is 1. The first-order valence-corrected chi connectivity index (χ1v) is 12.2. The number of rotatable bonds is 7. The van der Waals surface area contributed by atoms with E-state index >= 15 is 0 Å². The molecule has 32 heavy (non-hydrogen) atoms. The third kappa shape index (κ3) is 6.03. The van der Waals surface area contributed by atoms with Gasteiger partial charge in [0.05, 0.1) is 11.4 Å². The number of benzene rings is 3. The Kier molecular flexibility index (Phi) is 7.85. The van der Waals surface area contributed by atoms with Crippen LogP contribution < -0.4 is 5.32 Å². The van der Waals surface area contributed by atoms with Crippen LogP contribution in [0.25, 0.3) is 0 Å². The Bertz CT molecular complexity index is 1210. The van der Waals surface area contributed by atoms with Crippen LogP contribution in [0.1, 0.15) is 16.7 Å². The van der Waals surface area contributed by atoms with Gasteiger partial charge in [0.1, 0.15) is 0 Å². The largest absolute Gasteiger partial charge is 0.325 e. The molecule has 0 spiro atoms. The highest BCUT2D eigenvalue weighted by molar-refractivity contribution is 7.89. The van der Waals surface area contributed by atoms with E-state index in [1.165, 1.54) is 24.3 Å². The van der Waals surface area contributed by atoms with E-state index in [0.29, 0.717) is 26.3 Å². The number of nitrogens with one attached hydrogen (secondary N) is 1. The summed E-state index contributed by atoms with van der Waals surface area (Å²) in [5.74, 6) is -0.490. The lowest BCUT2D eigenvalue weighted by Crippen LogP contribution is -2.37. The van der Waals surface area contributed by atoms with E-state index in [4.69, 9.17) is 34.8 Å². The molecule has 168 valence electrons. The van der Waals surface area contributed by atoms with Crippen molar-refractivity contribution < 1.29 is 13.2 Å². The normalized spacial score (nSPS) is 11.6. The number of halogens is 3. The molecule has 0 unspecified atom stereocenters. The summed E-state index contributed by atoms with van der Waals surface area (Å²) in [4.78, 5) is 12.8. The summed E-state index contributed by atoms with van der Waals surface area (Å²) in [5.41, 5.74) is 2.96. The van der Waals surface area contributed by atoms with Crippen LogP contribution in [0, 0.1) is 13.8 Å². The molecular weight excluding hydrogens is 491 g/mol. The first-order chi connectivity index (χ1) is 15.1. The molecular formula is C23H21Cl3N2O3S. The molecule has 0 fully saturated rings. The molecule has 3 aromatic rings. The number of carbonyl (C=O) groups excluding carboxylic acids is 1. The van der Waals surface area contributed by atoms with Crippen molar-refractivity contribution in [1.82, 2.24) is 4.31 Å². The first-order valence-electron chi connectivity index (χ1n) is 9.63. The fourth-order valence-corrected chi connectivity index (χ4v) is 5.26. The number of carbonyl (C=O) groups is 1. The van der Waals surface area contributed by atoms with E-state index in [1.807, 2.05) is 32.0 Å². The maximum atomic E-state index is 13.4. The average molecular weight is 512 g/mol. The standard InChI is InChI=1S/C23H21Cl3N2O3S/c1-15-10-16(2)12-18(11-15)27-23(29)14-28(13-20-21(25)4-3-5-22(20)26)32(30,31)19-8-6-17(24)7-9-19/h3-12H,13-14H2,1-2H3,(H,27,29). The smallest absolute Gasteiger partial charge is 0.243 e. The molecule has 0 atom stereocenters. The van der Waals surface area contributed by atoms with Gasteiger partial charge in [-0.05, 0) is 73.5 Å². The Hall–Kier alpha value is -2.09. The van der Waals surface area contributed by atoms with Crippen molar-refractivity contribution in [1.29, 1.82) is 0 Å². The van der Waals surface area contributed by atoms with Gasteiger partial charge in [0, 0.05) is 32.9 Å². The zero-order chi connectivity index (χ0) is 23.5. The monoisotopic (exact) mass is 510 g/mol. The van der Waals surface area contributed by atoms with Crippen molar-refractivity contribution in [3.8, 4) is 0 Å². The van der Waals surface area contributed by atoms with Gasteiger partial charge in [-0.15, -0.1) is 0 Å². The van der Waals surface area contributed by atoms with Crippen LogP contribution in [-0.2, 0) is 21.4 Å². The van der Waals surface area contributed by atoms with Crippen LogP contribution in [0.15, 0.2) is 65.6 Å². The van der Waals surface area contributed by atoms with Crippen LogP contribution in [0.2, 0.25) is 15.1 Å². The average Bonchev–Trinajstić information content (AvgIpc) is 2.69. The van der Waals surface area contributed by atoms with Crippen LogP contribution in [-0.4, -0.2) is 25.2 Å². The van der Waals surface area contributed by atoms with Gasteiger partial charge >= 0.3 is 0 Å². The summed E-state index contributed by atoms with van der Waals surface area (Å²) in [6, 6.07) is 16.2. The fourth-order valence-electron chi connectivity index (χ4n) is 3.25. The second-order valence-electron chi connectivity index (χ2n) is 7.35. The van der Waals surface area contributed by atoms with Crippen molar-refractivity contribution in [2.24, 2.45) is 0 Å². The predicted octanol–water partition coefficient (Wildman–Crippen LogP) is 6.09. The molecule has 9 heteroatoms. The lowest BCUT2D eigenvalue weighted by Gasteiger charge is -2.23. The van der Waals surface area contributed by atoms with Crippen molar-refractivity contribution >= 4 is 56.4 Å². The Labute approximate surface area is 203 Å². The Morgan fingerprint density at radius 2 is 1.47 bits per heavy atom. The molecule has 1 amide bonds. The van der Waals surface area contributed by atoms with E-state index in [2.05, 4.69) is 5.32 Å². The summed E-state index contributed by atoms with van der Waals surface area (Å²) in [5, 5.41) is 3.79.